The zero-order chi connectivity index (χ0) is 18.8. The molecule has 0 bridgehead atoms. The number of rotatable bonds is 3. The lowest BCUT2D eigenvalue weighted by atomic mass is 10.1. The number of hydrogen-bond donors (Lipinski definition) is 1. The van der Waals surface area contributed by atoms with Crippen molar-refractivity contribution in [2.45, 2.75) is 19.3 Å². The summed E-state index contributed by atoms with van der Waals surface area (Å²) < 4.78 is 5.00. The van der Waals surface area contributed by atoms with Gasteiger partial charge in [0.1, 0.15) is 5.00 Å². The molecule has 1 fully saturated rings. The van der Waals surface area contributed by atoms with Gasteiger partial charge in [-0.1, -0.05) is 0 Å². The molecule has 2 aliphatic rings. The van der Waals surface area contributed by atoms with Crippen molar-refractivity contribution in [3.8, 4) is 0 Å². The van der Waals surface area contributed by atoms with Crippen molar-refractivity contribution in [1.82, 2.24) is 14.9 Å². The molecule has 9 heteroatoms. The fourth-order valence-electron chi connectivity index (χ4n) is 3.55. The number of carbonyl (C=O) groups excluding carboxylic acids is 1. The first-order chi connectivity index (χ1) is 13.2. The number of piperazine rings is 1. The fourth-order valence-corrected chi connectivity index (χ4v) is 5.18. The molecule has 0 spiro atoms. The number of thiocarbonyl (C=S) groups is 1. The van der Waals surface area contributed by atoms with Gasteiger partial charge in [-0.15, -0.1) is 11.3 Å². The number of nitrogens with zero attached hydrogens (tertiary/aromatic N) is 4. The van der Waals surface area contributed by atoms with E-state index in [1.54, 1.807) is 23.7 Å². The summed E-state index contributed by atoms with van der Waals surface area (Å²) in [5, 5.41) is 4.76. The molecule has 4 rings (SSSR count). The van der Waals surface area contributed by atoms with E-state index in [1.165, 1.54) is 12.0 Å². The number of aryl methyl sites for hydroxylation is 1. The number of ether oxygens (including phenoxy) is 1. The van der Waals surface area contributed by atoms with Crippen LogP contribution >= 0.6 is 23.6 Å². The Bertz CT molecular complexity index is 847. The number of aromatic nitrogens is 2. The third-order valence-corrected chi connectivity index (χ3v) is 6.50. The number of esters is 1. The van der Waals surface area contributed by atoms with Crippen LogP contribution < -0.4 is 10.2 Å². The highest BCUT2D eigenvalue weighted by molar-refractivity contribution is 7.80. The highest BCUT2D eigenvalue weighted by Crippen LogP contribution is 2.39. The lowest BCUT2D eigenvalue weighted by Gasteiger charge is -2.36. The van der Waals surface area contributed by atoms with Gasteiger partial charge in [-0.25, -0.2) is 14.8 Å². The molecule has 2 aromatic heterocycles. The van der Waals surface area contributed by atoms with Crippen molar-refractivity contribution in [1.29, 1.82) is 0 Å². The number of hydrogen-bond acceptors (Lipinski definition) is 7. The van der Waals surface area contributed by atoms with Crippen LogP contribution in [-0.4, -0.2) is 59.2 Å². The maximum atomic E-state index is 12.3. The molecule has 0 aromatic carbocycles. The second-order valence-corrected chi connectivity index (χ2v) is 8.00. The summed E-state index contributed by atoms with van der Waals surface area (Å²) in [7, 11) is 1.42. The molecule has 0 amide bonds. The topological polar surface area (TPSA) is 70.6 Å². The maximum absolute atomic E-state index is 12.3. The molecule has 0 atom stereocenters. The number of thiophene rings is 1. The monoisotopic (exact) mass is 403 g/mol. The Balaban J connectivity index is 1.43. The molecule has 0 saturated carbocycles. The predicted octanol–water partition coefficient (Wildman–Crippen LogP) is 2.33. The van der Waals surface area contributed by atoms with E-state index in [1.807, 2.05) is 6.07 Å². The van der Waals surface area contributed by atoms with Crippen molar-refractivity contribution >= 4 is 45.6 Å². The van der Waals surface area contributed by atoms with E-state index >= 15 is 0 Å². The normalized spacial score (nSPS) is 16.2. The van der Waals surface area contributed by atoms with Gasteiger partial charge in [0.25, 0.3) is 0 Å². The number of fused-ring (bicyclic) bond motifs is 1. The average Bonchev–Trinajstić information content (AvgIpc) is 3.29. The minimum atomic E-state index is -0.286. The summed E-state index contributed by atoms with van der Waals surface area (Å²) in [4.78, 5) is 26.4. The van der Waals surface area contributed by atoms with Gasteiger partial charge < -0.3 is 19.9 Å². The third-order valence-electron chi connectivity index (χ3n) is 4.93. The highest BCUT2D eigenvalue weighted by atomic mass is 32.1. The molecule has 7 nitrogen and oxygen atoms in total. The maximum Gasteiger partial charge on any atom is 0.341 e. The molecule has 1 aliphatic carbocycles. The largest absolute Gasteiger partial charge is 0.465 e. The van der Waals surface area contributed by atoms with Crippen LogP contribution in [0.4, 0.5) is 10.9 Å². The Morgan fingerprint density at radius 1 is 1.22 bits per heavy atom. The summed E-state index contributed by atoms with van der Waals surface area (Å²) in [5.74, 6) is 0.462. The summed E-state index contributed by atoms with van der Waals surface area (Å²) >= 11 is 7.25. The first-order valence-electron chi connectivity index (χ1n) is 8.98. The smallest absolute Gasteiger partial charge is 0.341 e. The first-order valence-corrected chi connectivity index (χ1v) is 10.2. The lowest BCUT2D eigenvalue weighted by molar-refractivity contribution is 0.0601. The van der Waals surface area contributed by atoms with Gasteiger partial charge in [0.2, 0.25) is 5.95 Å². The molecular formula is C18H21N5O2S2. The van der Waals surface area contributed by atoms with E-state index in [4.69, 9.17) is 17.0 Å². The van der Waals surface area contributed by atoms with Crippen LogP contribution in [-0.2, 0) is 17.6 Å². The van der Waals surface area contributed by atoms with E-state index < -0.39 is 0 Å². The molecule has 142 valence electrons. The Labute approximate surface area is 167 Å². The molecular weight excluding hydrogens is 382 g/mol. The average molecular weight is 404 g/mol. The molecule has 1 N–H and O–H groups in total. The van der Waals surface area contributed by atoms with Crippen LogP contribution in [0, 0.1) is 0 Å². The molecule has 0 unspecified atom stereocenters. The van der Waals surface area contributed by atoms with Crippen LogP contribution in [0.15, 0.2) is 18.5 Å². The quantitative estimate of drug-likeness (QED) is 0.619. The molecule has 2 aromatic rings. The van der Waals surface area contributed by atoms with E-state index in [2.05, 4.69) is 25.1 Å². The Hall–Kier alpha value is -2.26. The molecule has 1 saturated heterocycles. The standard InChI is InChI=1S/C18H21N5O2S2/c1-25-16(24)14-12-4-2-5-13(12)27-15(14)21-18(26)23-10-8-22(9-11-23)17-19-6-3-7-20-17/h3,6-7H,2,4-5,8-11H2,1H3,(H,21,26). The predicted molar refractivity (Wildman–Crippen MR) is 110 cm³/mol. The van der Waals surface area contributed by atoms with Crippen molar-refractivity contribution in [3.63, 3.8) is 0 Å². The highest BCUT2D eigenvalue weighted by Gasteiger charge is 2.28. The van der Waals surface area contributed by atoms with Crippen molar-refractivity contribution < 1.29 is 9.53 Å². The minimum absolute atomic E-state index is 0.286. The van der Waals surface area contributed by atoms with Gasteiger partial charge in [0, 0.05) is 43.4 Å². The van der Waals surface area contributed by atoms with Gasteiger partial charge in [0.05, 0.1) is 12.7 Å². The second-order valence-electron chi connectivity index (χ2n) is 6.51. The van der Waals surface area contributed by atoms with Crippen molar-refractivity contribution in [2.24, 2.45) is 0 Å². The first kappa shape index (κ1) is 18.1. The molecule has 1 aliphatic heterocycles. The summed E-state index contributed by atoms with van der Waals surface area (Å²) in [6.07, 6.45) is 6.56. The molecule has 0 radical (unpaired) electrons. The summed E-state index contributed by atoms with van der Waals surface area (Å²) in [6, 6.07) is 1.82. The second kappa shape index (κ2) is 7.77. The van der Waals surface area contributed by atoms with Gasteiger partial charge in [0.15, 0.2) is 5.11 Å². The van der Waals surface area contributed by atoms with Gasteiger partial charge in [-0.05, 0) is 43.1 Å². The Morgan fingerprint density at radius 3 is 2.67 bits per heavy atom. The van der Waals surface area contributed by atoms with Crippen LogP contribution in [0.25, 0.3) is 0 Å². The Kier molecular flexibility index (Phi) is 5.22. The van der Waals surface area contributed by atoms with Crippen LogP contribution in [0.2, 0.25) is 0 Å². The van der Waals surface area contributed by atoms with E-state index in [9.17, 15) is 4.79 Å². The number of carbonyl (C=O) groups is 1. The Morgan fingerprint density at radius 2 is 1.96 bits per heavy atom. The van der Waals surface area contributed by atoms with Crippen molar-refractivity contribution in [3.05, 3.63) is 34.5 Å². The van der Waals surface area contributed by atoms with E-state index in [0.717, 1.165) is 62.0 Å². The SMILES string of the molecule is COC(=O)c1c(NC(=S)N2CCN(c3ncccn3)CC2)sc2c1CCC2. The fraction of sp³-hybridized carbons (Fsp3) is 0.444. The zero-order valence-corrected chi connectivity index (χ0v) is 16.7. The van der Waals surface area contributed by atoms with Crippen molar-refractivity contribution in [2.75, 3.05) is 43.5 Å². The zero-order valence-electron chi connectivity index (χ0n) is 15.1. The van der Waals surface area contributed by atoms with Gasteiger partial charge in [-0.3, -0.25) is 0 Å². The molecule has 27 heavy (non-hydrogen) atoms. The van der Waals surface area contributed by atoms with Crippen LogP contribution in [0.5, 0.6) is 0 Å². The van der Waals surface area contributed by atoms with Crippen LogP contribution in [0.3, 0.4) is 0 Å². The molecule has 3 heterocycles. The van der Waals surface area contributed by atoms with E-state index in [0.29, 0.717) is 10.7 Å². The minimum Gasteiger partial charge on any atom is -0.465 e. The van der Waals surface area contributed by atoms with E-state index in [-0.39, 0.29) is 5.97 Å². The summed E-state index contributed by atoms with van der Waals surface area (Å²) in [5.41, 5.74) is 1.79. The summed E-state index contributed by atoms with van der Waals surface area (Å²) in [6.45, 7) is 3.17. The third kappa shape index (κ3) is 3.61. The number of methoxy groups -OCH3 is 1. The lowest BCUT2D eigenvalue weighted by Crippen LogP contribution is -2.50. The van der Waals surface area contributed by atoms with Gasteiger partial charge >= 0.3 is 5.97 Å². The number of anilines is 2. The van der Waals surface area contributed by atoms with Crippen LogP contribution in [0.1, 0.15) is 27.2 Å². The number of nitrogens with one attached hydrogen (secondary N) is 1. The van der Waals surface area contributed by atoms with Gasteiger partial charge in [-0.2, -0.15) is 0 Å².